The Bertz CT molecular complexity index is 57.1. The fourth-order valence-electron chi connectivity index (χ4n) is 0. The zero-order valence-electron chi connectivity index (χ0n) is 4.31. The van der Waals surface area contributed by atoms with Gasteiger partial charge in [0.25, 0.3) is 0 Å². The molecule has 0 fully saturated rings. The van der Waals surface area contributed by atoms with Crippen molar-refractivity contribution in [3.8, 4) is 0 Å². The quantitative estimate of drug-likeness (QED) is 0.607. The molecule has 0 radical (unpaired) electrons. The summed E-state index contributed by atoms with van der Waals surface area (Å²) in [5, 5.41) is 0. The predicted molar refractivity (Wildman–Crippen MR) is 45.7 cm³/mol. The zero-order valence-corrected chi connectivity index (χ0v) is 7.73. The number of halogens is 2. The van der Waals surface area contributed by atoms with Gasteiger partial charge in [-0.25, -0.2) is 0 Å². The molecule has 0 aromatic rings. The molecule has 2 heteroatoms. The molecule has 0 aliphatic rings. The van der Waals surface area contributed by atoms with Crippen molar-refractivity contribution in [2.24, 2.45) is 0 Å². The Kier molecular flexibility index (Phi) is 21.6. The summed E-state index contributed by atoms with van der Waals surface area (Å²) in [6, 6.07) is 0. The van der Waals surface area contributed by atoms with Crippen molar-refractivity contribution in [3.05, 3.63) is 24.8 Å². The highest BCUT2D eigenvalue weighted by atomic mass is 79.9. The number of allylic oxidation sites excluding steroid dienone is 2. The van der Waals surface area contributed by atoms with E-state index in [0.29, 0.717) is 0 Å². The van der Waals surface area contributed by atoms with E-state index >= 15 is 0 Å². The molecule has 44 valence electrons. The second kappa shape index (κ2) is 9.67. The lowest BCUT2D eigenvalue weighted by molar-refractivity contribution is 1.58. The third kappa shape index (κ3) is 21.3. The molecular formula is C5H10Br2. The van der Waals surface area contributed by atoms with Gasteiger partial charge in [-0.2, -0.15) is 0 Å². The molecule has 0 atom stereocenters. The van der Waals surface area contributed by atoms with Gasteiger partial charge in [0.15, 0.2) is 0 Å². The van der Waals surface area contributed by atoms with Crippen molar-refractivity contribution in [2.45, 2.75) is 6.92 Å². The fourth-order valence-corrected chi connectivity index (χ4v) is 0. The molecule has 0 aromatic carbocycles. The first kappa shape index (κ1) is 15.7. The molecule has 0 N–H and O–H groups in total. The Balaban J connectivity index is -0.0000000800. The monoisotopic (exact) mass is 228 g/mol. The summed E-state index contributed by atoms with van der Waals surface area (Å²) >= 11 is 0. The molecule has 0 nitrogen and oxygen atoms in total. The van der Waals surface area contributed by atoms with Crippen LogP contribution >= 0.6 is 34.0 Å². The molecule has 7 heavy (non-hydrogen) atoms. The predicted octanol–water partition coefficient (Wildman–Crippen LogP) is 2.90. The summed E-state index contributed by atoms with van der Waals surface area (Å²) in [6.45, 7) is 8.93. The van der Waals surface area contributed by atoms with E-state index in [9.17, 15) is 0 Å². The van der Waals surface area contributed by atoms with Gasteiger partial charge in [-0.15, -0.1) is 34.0 Å². The minimum atomic E-state index is 0. The van der Waals surface area contributed by atoms with Crippen LogP contribution in [0.1, 0.15) is 6.92 Å². The smallest absolute Gasteiger partial charge is 0.0404 e. The lowest BCUT2D eigenvalue weighted by atomic mass is 10.4. The average Bonchev–Trinajstić information content (AvgIpc) is 1.38. The first-order valence-electron chi connectivity index (χ1n) is 1.55. The standard InChI is InChI=1S/C5H8.2BrH/c1-4-5(2)3;;/h4H,1-2H2,3H3;2*1H. The highest BCUT2D eigenvalue weighted by Crippen LogP contribution is 1.81. The Hall–Kier alpha value is 0.440. The molecule has 0 spiro atoms. The second-order valence-electron chi connectivity index (χ2n) is 1.05. The molecule has 0 aromatic heterocycles. The highest BCUT2D eigenvalue weighted by molar-refractivity contribution is 8.93. The number of rotatable bonds is 1. The summed E-state index contributed by atoms with van der Waals surface area (Å²) in [4.78, 5) is 0. The maximum atomic E-state index is 3.56. The second-order valence-corrected chi connectivity index (χ2v) is 1.05. The van der Waals surface area contributed by atoms with Crippen LogP contribution in [0.5, 0.6) is 0 Å². The van der Waals surface area contributed by atoms with Gasteiger partial charge in [-0.3, -0.25) is 0 Å². The molecule has 0 aliphatic heterocycles. The third-order valence-electron chi connectivity index (χ3n) is 0.348. The van der Waals surface area contributed by atoms with Crippen LogP contribution in [0, 0.1) is 0 Å². The van der Waals surface area contributed by atoms with Crippen molar-refractivity contribution < 1.29 is 0 Å². The van der Waals surface area contributed by atoms with Gasteiger partial charge in [0, 0.05) is 0 Å². The van der Waals surface area contributed by atoms with E-state index in [1.54, 1.807) is 6.08 Å². The van der Waals surface area contributed by atoms with Crippen LogP contribution in [0.3, 0.4) is 0 Å². The lowest BCUT2D eigenvalue weighted by Crippen LogP contribution is -1.50. The van der Waals surface area contributed by atoms with Crippen molar-refractivity contribution >= 4 is 34.0 Å². The van der Waals surface area contributed by atoms with Gasteiger partial charge >= 0.3 is 0 Å². The maximum Gasteiger partial charge on any atom is -0.0404 e. The summed E-state index contributed by atoms with van der Waals surface area (Å²) in [5.41, 5.74) is 1.02. The van der Waals surface area contributed by atoms with E-state index < -0.39 is 0 Å². The molecule has 0 saturated carbocycles. The first-order chi connectivity index (χ1) is 2.27. The molecule has 0 amide bonds. The number of hydrogen-bond acceptors (Lipinski definition) is 0. The van der Waals surface area contributed by atoms with Crippen LogP contribution in [0.25, 0.3) is 0 Å². The van der Waals surface area contributed by atoms with Crippen LogP contribution in [-0.2, 0) is 0 Å². The fraction of sp³-hybridized carbons (Fsp3) is 0.200. The Morgan fingerprint density at radius 1 is 1.43 bits per heavy atom. The van der Waals surface area contributed by atoms with Crippen LogP contribution in [0.4, 0.5) is 0 Å². The molecule has 0 aliphatic carbocycles. The average molecular weight is 230 g/mol. The van der Waals surface area contributed by atoms with Gasteiger partial charge < -0.3 is 0 Å². The normalized spacial score (nSPS) is 4.71. The van der Waals surface area contributed by atoms with Crippen molar-refractivity contribution in [1.82, 2.24) is 0 Å². The molecule has 0 bridgehead atoms. The molecular weight excluding hydrogens is 220 g/mol. The SMILES string of the molecule is Br.Br.C=CC(=C)C. The van der Waals surface area contributed by atoms with E-state index in [1.807, 2.05) is 6.92 Å². The summed E-state index contributed by atoms with van der Waals surface area (Å²) in [6.07, 6.45) is 1.72. The highest BCUT2D eigenvalue weighted by Gasteiger charge is 1.59. The molecule has 0 rings (SSSR count). The summed E-state index contributed by atoms with van der Waals surface area (Å²) < 4.78 is 0. The minimum Gasteiger partial charge on any atom is -0.114 e. The van der Waals surface area contributed by atoms with E-state index in [-0.39, 0.29) is 34.0 Å². The Morgan fingerprint density at radius 3 is 1.57 bits per heavy atom. The van der Waals surface area contributed by atoms with Gasteiger partial charge in [0.05, 0.1) is 0 Å². The maximum absolute atomic E-state index is 3.56. The zero-order chi connectivity index (χ0) is 4.28. The van der Waals surface area contributed by atoms with Crippen LogP contribution < -0.4 is 0 Å². The van der Waals surface area contributed by atoms with E-state index in [4.69, 9.17) is 0 Å². The van der Waals surface area contributed by atoms with Gasteiger partial charge in [-0.05, 0) is 6.92 Å². The van der Waals surface area contributed by atoms with Gasteiger partial charge in [0.2, 0.25) is 0 Å². The van der Waals surface area contributed by atoms with E-state index in [2.05, 4.69) is 13.2 Å². The first-order valence-corrected chi connectivity index (χ1v) is 1.55. The Morgan fingerprint density at radius 2 is 1.57 bits per heavy atom. The van der Waals surface area contributed by atoms with E-state index in [0.717, 1.165) is 5.57 Å². The van der Waals surface area contributed by atoms with Crippen molar-refractivity contribution in [3.63, 3.8) is 0 Å². The number of hydrogen-bond donors (Lipinski definition) is 0. The van der Waals surface area contributed by atoms with Gasteiger partial charge in [0.1, 0.15) is 0 Å². The van der Waals surface area contributed by atoms with Crippen molar-refractivity contribution in [1.29, 1.82) is 0 Å². The molecule has 0 heterocycles. The minimum absolute atomic E-state index is 0. The van der Waals surface area contributed by atoms with Crippen LogP contribution in [0.2, 0.25) is 0 Å². The molecule has 0 unspecified atom stereocenters. The van der Waals surface area contributed by atoms with E-state index in [1.165, 1.54) is 0 Å². The van der Waals surface area contributed by atoms with Crippen LogP contribution in [-0.4, -0.2) is 0 Å². The largest absolute Gasteiger partial charge is 0.114 e. The topological polar surface area (TPSA) is 0 Å². The summed E-state index contributed by atoms with van der Waals surface area (Å²) in [5.74, 6) is 0. The van der Waals surface area contributed by atoms with Crippen LogP contribution in [0.15, 0.2) is 24.8 Å². The molecule has 0 saturated heterocycles. The third-order valence-corrected chi connectivity index (χ3v) is 0.348. The van der Waals surface area contributed by atoms with Crippen molar-refractivity contribution in [2.75, 3.05) is 0 Å². The van der Waals surface area contributed by atoms with Gasteiger partial charge in [-0.1, -0.05) is 24.8 Å². The summed E-state index contributed by atoms with van der Waals surface area (Å²) in [7, 11) is 0. The Labute approximate surface area is 65.8 Å². The lowest BCUT2D eigenvalue weighted by Gasteiger charge is -1.71.